The fourth-order valence-corrected chi connectivity index (χ4v) is 4.54. The van der Waals surface area contributed by atoms with Crippen molar-refractivity contribution < 1.29 is 13.2 Å². The lowest BCUT2D eigenvalue weighted by atomic mass is 10.2. The Morgan fingerprint density at radius 1 is 1.31 bits per heavy atom. The zero-order chi connectivity index (χ0) is 18.7. The number of hydrogen-bond donors (Lipinski definition) is 1. The molecule has 1 unspecified atom stereocenters. The van der Waals surface area contributed by atoms with Crippen LogP contribution in [0.15, 0.2) is 36.7 Å². The minimum atomic E-state index is -3.07. The number of benzene rings is 1. The van der Waals surface area contributed by atoms with Gasteiger partial charge in [-0.15, -0.1) is 0 Å². The molecule has 26 heavy (non-hydrogen) atoms. The molecule has 1 atom stereocenters. The van der Waals surface area contributed by atoms with Crippen molar-refractivity contribution in [2.45, 2.75) is 12.5 Å². The number of nitriles is 1. The van der Waals surface area contributed by atoms with E-state index >= 15 is 0 Å². The predicted molar refractivity (Wildman–Crippen MR) is 95.6 cm³/mol. The van der Waals surface area contributed by atoms with Gasteiger partial charge < -0.3 is 10.2 Å². The van der Waals surface area contributed by atoms with Gasteiger partial charge in [-0.3, -0.25) is 4.79 Å². The molecule has 9 heteroatoms. The summed E-state index contributed by atoms with van der Waals surface area (Å²) < 4.78 is 23.2. The van der Waals surface area contributed by atoms with Gasteiger partial charge in [-0.2, -0.15) is 5.26 Å². The molecule has 8 nitrogen and oxygen atoms in total. The fourth-order valence-electron chi connectivity index (χ4n) is 2.76. The monoisotopic (exact) mass is 371 g/mol. The fraction of sp³-hybridized carbons (Fsp3) is 0.294. The SMILES string of the molecule is CN(C(=O)c1cnc(Nc2ccccc2C#N)nc1)C1CCS(=O)(=O)C1. The van der Waals surface area contributed by atoms with Gasteiger partial charge in [-0.05, 0) is 18.6 Å². The van der Waals surface area contributed by atoms with Gasteiger partial charge in [0.25, 0.3) is 5.91 Å². The number of carbonyl (C=O) groups is 1. The number of hydrogen-bond acceptors (Lipinski definition) is 7. The molecule has 2 heterocycles. The van der Waals surface area contributed by atoms with Crippen LogP contribution in [0.25, 0.3) is 0 Å². The Hall–Kier alpha value is -2.99. The van der Waals surface area contributed by atoms with Crippen molar-refractivity contribution in [3.8, 4) is 6.07 Å². The third-order valence-corrected chi connectivity index (χ3v) is 6.02. The van der Waals surface area contributed by atoms with Crippen LogP contribution in [0, 0.1) is 11.3 Å². The van der Waals surface area contributed by atoms with Crippen LogP contribution in [-0.4, -0.2) is 53.8 Å². The van der Waals surface area contributed by atoms with E-state index in [1.165, 1.54) is 17.3 Å². The van der Waals surface area contributed by atoms with E-state index in [1.54, 1.807) is 31.3 Å². The second-order valence-electron chi connectivity index (χ2n) is 6.05. The zero-order valence-corrected chi connectivity index (χ0v) is 14.9. The van der Waals surface area contributed by atoms with Crippen LogP contribution in [-0.2, 0) is 9.84 Å². The maximum absolute atomic E-state index is 12.5. The summed E-state index contributed by atoms with van der Waals surface area (Å²) in [7, 11) is -1.48. The molecule has 0 aliphatic carbocycles. The summed E-state index contributed by atoms with van der Waals surface area (Å²) in [4.78, 5) is 22.2. The van der Waals surface area contributed by atoms with E-state index in [2.05, 4.69) is 21.4 Å². The molecule has 0 radical (unpaired) electrons. The molecule has 2 aromatic rings. The van der Waals surface area contributed by atoms with Gasteiger partial charge in [0, 0.05) is 25.5 Å². The number of carbonyl (C=O) groups excluding carboxylic acids is 1. The first-order valence-corrected chi connectivity index (χ1v) is 9.77. The number of nitrogens with one attached hydrogen (secondary N) is 1. The summed E-state index contributed by atoms with van der Waals surface area (Å²) >= 11 is 0. The average Bonchev–Trinajstić information content (AvgIpc) is 3.01. The summed E-state index contributed by atoms with van der Waals surface area (Å²) in [6, 6.07) is 8.69. The lowest BCUT2D eigenvalue weighted by Crippen LogP contribution is -2.37. The van der Waals surface area contributed by atoms with Gasteiger partial charge in [0.2, 0.25) is 5.95 Å². The van der Waals surface area contributed by atoms with Crippen LogP contribution in [0.2, 0.25) is 0 Å². The van der Waals surface area contributed by atoms with Crippen LogP contribution >= 0.6 is 0 Å². The highest BCUT2D eigenvalue weighted by Crippen LogP contribution is 2.20. The molecule has 0 bridgehead atoms. The van der Waals surface area contributed by atoms with E-state index < -0.39 is 9.84 Å². The van der Waals surface area contributed by atoms with Crippen molar-refractivity contribution in [1.29, 1.82) is 5.26 Å². The molecule has 1 N–H and O–H groups in total. The van der Waals surface area contributed by atoms with Crippen LogP contribution in [0.3, 0.4) is 0 Å². The lowest BCUT2D eigenvalue weighted by molar-refractivity contribution is 0.0747. The van der Waals surface area contributed by atoms with Crippen LogP contribution in [0.5, 0.6) is 0 Å². The molecule has 0 spiro atoms. The second kappa shape index (κ2) is 7.09. The molecule has 1 amide bonds. The second-order valence-corrected chi connectivity index (χ2v) is 8.28. The minimum absolute atomic E-state index is 0.0132. The molecule has 0 saturated carbocycles. The first-order valence-electron chi connectivity index (χ1n) is 7.95. The number of sulfone groups is 1. The number of anilines is 2. The Bertz CT molecular complexity index is 967. The topological polar surface area (TPSA) is 116 Å². The normalized spacial score (nSPS) is 18.1. The molecule has 1 fully saturated rings. The van der Waals surface area contributed by atoms with E-state index in [-0.39, 0.29) is 35.0 Å². The highest BCUT2D eigenvalue weighted by Gasteiger charge is 2.33. The van der Waals surface area contributed by atoms with Gasteiger partial charge >= 0.3 is 0 Å². The average molecular weight is 371 g/mol. The highest BCUT2D eigenvalue weighted by atomic mass is 32.2. The molecule has 1 saturated heterocycles. The number of amides is 1. The van der Waals surface area contributed by atoms with Crippen molar-refractivity contribution in [1.82, 2.24) is 14.9 Å². The van der Waals surface area contributed by atoms with Crippen molar-refractivity contribution in [2.24, 2.45) is 0 Å². The van der Waals surface area contributed by atoms with Crippen LogP contribution < -0.4 is 5.32 Å². The van der Waals surface area contributed by atoms with E-state index in [0.717, 1.165) is 0 Å². The predicted octanol–water partition coefficient (Wildman–Crippen LogP) is 1.35. The van der Waals surface area contributed by atoms with Crippen molar-refractivity contribution in [3.63, 3.8) is 0 Å². The molecular weight excluding hydrogens is 354 g/mol. The Morgan fingerprint density at radius 3 is 2.62 bits per heavy atom. The van der Waals surface area contributed by atoms with E-state index in [1.807, 2.05) is 0 Å². The molecular formula is C17H17N5O3S. The highest BCUT2D eigenvalue weighted by molar-refractivity contribution is 7.91. The Balaban J connectivity index is 1.71. The maximum atomic E-state index is 12.5. The molecule has 1 aromatic heterocycles. The van der Waals surface area contributed by atoms with Crippen LogP contribution in [0.4, 0.5) is 11.6 Å². The first-order chi connectivity index (χ1) is 12.4. The summed E-state index contributed by atoms with van der Waals surface area (Å²) in [5, 5.41) is 12.0. The van der Waals surface area contributed by atoms with Gasteiger partial charge in [-0.1, -0.05) is 12.1 Å². The van der Waals surface area contributed by atoms with E-state index in [0.29, 0.717) is 17.7 Å². The smallest absolute Gasteiger partial charge is 0.257 e. The lowest BCUT2D eigenvalue weighted by Gasteiger charge is -2.23. The number of rotatable bonds is 4. The largest absolute Gasteiger partial charge is 0.338 e. The molecule has 3 rings (SSSR count). The standard InChI is InChI=1S/C17H17N5O3S/c1-22(14-6-7-26(24,25)11-14)16(23)13-9-19-17(20-10-13)21-15-5-3-2-4-12(15)8-18/h2-5,9-10,14H,6-7,11H2,1H3,(H,19,20,21). The number of para-hydroxylation sites is 1. The molecule has 1 aliphatic heterocycles. The summed E-state index contributed by atoms with van der Waals surface area (Å²) in [5.74, 6) is 0.0274. The van der Waals surface area contributed by atoms with E-state index in [4.69, 9.17) is 5.26 Å². The maximum Gasteiger partial charge on any atom is 0.257 e. The molecule has 1 aromatic carbocycles. The molecule has 1 aliphatic rings. The van der Waals surface area contributed by atoms with Gasteiger partial charge in [0.05, 0.1) is 28.3 Å². The Morgan fingerprint density at radius 2 is 2.00 bits per heavy atom. The molecule has 134 valence electrons. The zero-order valence-electron chi connectivity index (χ0n) is 14.1. The third-order valence-electron chi connectivity index (χ3n) is 4.27. The summed E-state index contributed by atoms with van der Waals surface area (Å²) in [6.07, 6.45) is 3.20. The van der Waals surface area contributed by atoms with Crippen molar-refractivity contribution >= 4 is 27.4 Å². The van der Waals surface area contributed by atoms with Crippen molar-refractivity contribution in [3.05, 3.63) is 47.8 Å². The Labute approximate surface area is 151 Å². The number of nitrogens with zero attached hydrogens (tertiary/aromatic N) is 4. The quantitative estimate of drug-likeness (QED) is 0.862. The summed E-state index contributed by atoms with van der Waals surface area (Å²) in [5.41, 5.74) is 1.30. The van der Waals surface area contributed by atoms with Crippen LogP contribution in [0.1, 0.15) is 22.3 Å². The van der Waals surface area contributed by atoms with E-state index in [9.17, 15) is 13.2 Å². The summed E-state index contributed by atoms with van der Waals surface area (Å²) in [6.45, 7) is 0. The third kappa shape index (κ3) is 3.81. The minimum Gasteiger partial charge on any atom is -0.338 e. The van der Waals surface area contributed by atoms with Gasteiger partial charge in [-0.25, -0.2) is 18.4 Å². The first kappa shape index (κ1) is 17.8. The van der Waals surface area contributed by atoms with Gasteiger partial charge in [0.1, 0.15) is 6.07 Å². The van der Waals surface area contributed by atoms with Crippen molar-refractivity contribution in [2.75, 3.05) is 23.9 Å². The van der Waals surface area contributed by atoms with Gasteiger partial charge in [0.15, 0.2) is 9.84 Å². The number of aromatic nitrogens is 2. The Kier molecular flexibility index (Phi) is 4.86.